The predicted octanol–water partition coefficient (Wildman–Crippen LogP) is 2.75. The standard InChI is InChI=1S/C13H16ClIN2O/c1-8-4-9(6-16)7-17(8)13(18)10-2-3-12(15)11(14)5-10/h2-3,5,8-9H,4,6-7,16H2,1H3. The second kappa shape index (κ2) is 5.75. The Balaban J connectivity index is 2.18. The number of nitrogens with zero attached hydrogens (tertiary/aromatic N) is 1. The van der Waals surface area contributed by atoms with E-state index in [0.717, 1.165) is 16.5 Å². The van der Waals surface area contributed by atoms with Gasteiger partial charge in [-0.05, 0) is 66.6 Å². The predicted molar refractivity (Wildman–Crippen MR) is 81.8 cm³/mol. The van der Waals surface area contributed by atoms with Crippen LogP contribution in [0.5, 0.6) is 0 Å². The quantitative estimate of drug-likeness (QED) is 0.805. The third-order valence-corrected chi connectivity index (χ3v) is 4.99. The highest BCUT2D eigenvalue weighted by molar-refractivity contribution is 14.1. The van der Waals surface area contributed by atoms with Crippen molar-refractivity contribution in [3.8, 4) is 0 Å². The van der Waals surface area contributed by atoms with Gasteiger partial charge in [-0.1, -0.05) is 11.6 Å². The van der Waals surface area contributed by atoms with Crippen molar-refractivity contribution in [3.63, 3.8) is 0 Å². The molecule has 2 rings (SSSR count). The first-order valence-electron chi connectivity index (χ1n) is 5.99. The number of hydrogen-bond acceptors (Lipinski definition) is 2. The lowest BCUT2D eigenvalue weighted by molar-refractivity contribution is 0.0743. The minimum absolute atomic E-state index is 0.0525. The van der Waals surface area contributed by atoms with E-state index in [0.29, 0.717) is 23.0 Å². The second-order valence-electron chi connectivity index (χ2n) is 4.77. The summed E-state index contributed by atoms with van der Waals surface area (Å²) in [5, 5.41) is 0.628. The zero-order valence-electron chi connectivity index (χ0n) is 10.2. The van der Waals surface area contributed by atoms with Crippen molar-refractivity contribution in [2.45, 2.75) is 19.4 Å². The first kappa shape index (κ1) is 14.1. The monoisotopic (exact) mass is 378 g/mol. The Morgan fingerprint density at radius 2 is 2.33 bits per heavy atom. The van der Waals surface area contributed by atoms with E-state index in [1.165, 1.54) is 0 Å². The lowest BCUT2D eigenvalue weighted by Gasteiger charge is -2.21. The van der Waals surface area contributed by atoms with Gasteiger partial charge in [-0.25, -0.2) is 0 Å². The summed E-state index contributed by atoms with van der Waals surface area (Å²) in [5.41, 5.74) is 6.34. The molecule has 1 amide bonds. The molecule has 1 aliphatic rings. The van der Waals surface area contributed by atoms with E-state index in [4.69, 9.17) is 17.3 Å². The van der Waals surface area contributed by atoms with Crippen LogP contribution in [0.1, 0.15) is 23.7 Å². The molecule has 1 fully saturated rings. The lowest BCUT2D eigenvalue weighted by atomic mass is 10.1. The van der Waals surface area contributed by atoms with Gasteiger partial charge in [-0.3, -0.25) is 4.79 Å². The Morgan fingerprint density at radius 3 is 2.89 bits per heavy atom. The third-order valence-electron chi connectivity index (χ3n) is 3.42. The highest BCUT2D eigenvalue weighted by Gasteiger charge is 2.32. The normalized spacial score (nSPS) is 23.4. The highest BCUT2D eigenvalue weighted by Crippen LogP contribution is 2.26. The molecular formula is C13H16ClIN2O. The fourth-order valence-corrected chi connectivity index (χ4v) is 2.91. The molecule has 2 N–H and O–H groups in total. The van der Waals surface area contributed by atoms with Gasteiger partial charge in [0.15, 0.2) is 0 Å². The van der Waals surface area contributed by atoms with Crippen molar-refractivity contribution < 1.29 is 4.79 Å². The van der Waals surface area contributed by atoms with Crippen molar-refractivity contribution in [2.75, 3.05) is 13.1 Å². The Labute approximate surface area is 126 Å². The Bertz CT molecular complexity index is 466. The first-order chi connectivity index (χ1) is 8.52. The van der Waals surface area contributed by atoms with Gasteiger partial charge >= 0.3 is 0 Å². The smallest absolute Gasteiger partial charge is 0.254 e. The maximum atomic E-state index is 12.4. The molecule has 0 aromatic heterocycles. The number of amides is 1. The van der Waals surface area contributed by atoms with Crippen molar-refractivity contribution in [3.05, 3.63) is 32.4 Å². The number of benzene rings is 1. The summed E-state index contributed by atoms with van der Waals surface area (Å²) >= 11 is 8.21. The van der Waals surface area contributed by atoms with Gasteiger partial charge in [-0.15, -0.1) is 0 Å². The molecule has 0 saturated carbocycles. The maximum Gasteiger partial charge on any atom is 0.254 e. The van der Waals surface area contributed by atoms with Crippen LogP contribution in [0.15, 0.2) is 18.2 Å². The van der Waals surface area contributed by atoms with Gasteiger partial charge in [0.05, 0.1) is 5.02 Å². The number of nitrogens with two attached hydrogens (primary N) is 1. The van der Waals surface area contributed by atoms with Crippen LogP contribution < -0.4 is 5.73 Å². The van der Waals surface area contributed by atoms with E-state index in [2.05, 4.69) is 29.5 Å². The molecule has 18 heavy (non-hydrogen) atoms. The fraction of sp³-hybridized carbons (Fsp3) is 0.462. The SMILES string of the molecule is CC1CC(CN)CN1C(=O)c1ccc(I)c(Cl)c1. The summed E-state index contributed by atoms with van der Waals surface area (Å²) in [6.07, 6.45) is 0.986. The fourth-order valence-electron chi connectivity index (χ4n) is 2.39. The zero-order chi connectivity index (χ0) is 13.3. The molecule has 2 atom stereocenters. The van der Waals surface area contributed by atoms with E-state index in [-0.39, 0.29) is 11.9 Å². The van der Waals surface area contributed by atoms with Gasteiger partial charge in [0.1, 0.15) is 0 Å². The van der Waals surface area contributed by atoms with Crippen LogP contribution in [-0.4, -0.2) is 29.9 Å². The van der Waals surface area contributed by atoms with Crippen molar-refractivity contribution >= 4 is 40.1 Å². The molecule has 1 aliphatic heterocycles. The number of rotatable bonds is 2. The van der Waals surface area contributed by atoms with Crippen LogP contribution in [0.25, 0.3) is 0 Å². The van der Waals surface area contributed by atoms with E-state index < -0.39 is 0 Å². The summed E-state index contributed by atoms with van der Waals surface area (Å²) in [7, 11) is 0. The van der Waals surface area contributed by atoms with E-state index in [9.17, 15) is 4.79 Å². The Kier molecular flexibility index (Phi) is 4.50. The number of carbonyl (C=O) groups excluding carboxylic acids is 1. The maximum absolute atomic E-state index is 12.4. The van der Waals surface area contributed by atoms with Gasteiger partial charge in [0.25, 0.3) is 5.91 Å². The minimum atomic E-state index is 0.0525. The molecule has 0 radical (unpaired) electrons. The molecule has 2 unspecified atom stereocenters. The van der Waals surface area contributed by atoms with Crippen molar-refractivity contribution in [2.24, 2.45) is 11.7 Å². The Morgan fingerprint density at radius 1 is 1.61 bits per heavy atom. The minimum Gasteiger partial charge on any atom is -0.336 e. The molecule has 98 valence electrons. The molecule has 1 aromatic rings. The van der Waals surface area contributed by atoms with Crippen molar-refractivity contribution in [1.29, 1.82) is 0 Å². The summed E-state index contributed by atoms with van der Waals surface area (Å²) < 4.78 is 0.958. The molecule has 0 spiro atoms. The van der Waals surface area contributed by atoms with Crippen LogP contribution >= 0.6 is 34.2 Å². The zero-order valence-corrected chi connectivity index (χ0v) is 13.1. The van der Waals surface area contributed by atoms with Crippen LogP contribution in [0, 0.1) is 9.49 Å². The van der Waals surface area contributed by atoms with Crippen LogP contribution in [0.4, 0.5) is 0 Å². The van der Waals surface area contributed by atoms with Crippen LogP contribution in [0.3, 0.4) is 0 Å². The average Bonchev–Trinajstić information content (AvgIpc) is 2.73. The third kappa shape index (κ3) is 2.81. The van der Waals surface area contributed by atoms with Crippen molar-refractivity contribution in [1.82, 2.24) is 4.90 Å². The van der Waals surface area contributed by atoms with Crippen LogP contribution in [0.2, 0.25) is 5.02 Å². The topological polar surface area (TPSA) is 46.3 Å². The van der Waals surface area contributed by atoms with E-state index >= 15 is 0 Å². The molecule has 1 saturated heterocycles. The van der Waals surface area contributed by atoms with Gasteiger partial charge < -0.3 is 10.6 Å². The summed E-state index contributed by atoms with van der Waals surface area (Å²) in [4.78, 5) is 14.3. The molecule has 0 bridgehead atoms. The number of halogens is 2. The Hall–Kier alpha value is -0.330. The van der Waals surface area contributed by atoms with Gasteiger partial charge in [-0.2, -0.15) is 0 Å². The number of hydrogen-bond donors (Lipinski definition) is 1. The first-order valence-corrected chi connectivity index (χ1v) is 7.44. The van der Waals surface area contributed by atoms with Gasteiger partial charge in [0, 0.05) is 21.7 Å². The average molecular weight is 379 g/mol. The largest absolute Gasteiger partial charge is 0.336 e. The lowest BCUT2D eigenvalue weighted by Crippen LogP contribution is -2.34. The number of carbonyl (C=O) groups is 1. The molecule has 1 aromatic carbocycles. The van der Waals surface area contributed by atoms with Gasteiger partial charge in [0.2, 0.25) is 0 Å². The summed E-state index contributed by atoms with van der Waals surface area (Å²) in [6.45, 7) is 3.46. The molecule has 0 aliphatic carbocycles. The molecule has 3 nitrogen and oxygen atoms in total. The van der Waals surface area contributed by atoms with E-state index in [1.54, 1.807) is 6.07 Å². The molecule has 1 heterocycles. The molecule has 5 heteroatoms. The summed E-state index contributed by atoms with van der Waals surface area (Å²) in [6, 6.07) is 5.70. The summed E-state index contributed by atoms with van der Waals surface area (Å²) in [5.74, 6) is 0.472. The molecular weight excluding hydrogens is 363 g/mol. The van der Waals surface area contributed by atoms with Crippen LogP contribution in [-0.2, 0) is 0 Å². The number of likely N-dealkylation sites (tertiary alicyclic amines) is 1. The highest BCUT2D eigenvalue weighted by atomic mass is 127. The second-order valence-corrected chi connectivity index (χ2v) is 6.34. The van der Waals surface area contributed by atoms with E-state index in [1.807, 2.05) is 17.0 Å².